The van der Waals surface area contributed by atoms with E-state index >= 15 is 0 Å². The van der Waals surface area contributed by atoms with Crippen LogP contribution in [0.4, 0.5) is 5.69 Å². The Morgan fingerprint density at radius 3 is 2.50 bits per heavy atom. The minimum absolute atomic E-state index is 0.231. The molecule has 1 aliphatic carbocycles. The van der Waals surface area contributed by atoms with Crippen LogP contribution in [0.15, 0.2) is 42.0 Å². The van der Waals surface area contributed by atoms with Gasteiger partial charge in [-0.1, -0.05) is 24.3 Å². The van der Waals surface area contributed by atoms with Crippen molar-refractivity contribution in [3.63, 3.8) is 0 Å². The molecule has 2 fully saturated rings. The predicted molar refractivity (Wildman–Crippen MR) is 87.6 cm³/mol. The molecular formula is C17H18NO5P. The third-order valence-electron chi connectivity index (χ3n) is 4.92. The van der Waals surface area contributed by atoms with Crippen LogP contribution in [0.5, 0.6) is 0 Å². The molecule has 1 aromatic rings. The fourth-order valence-electron chi connectivity index (χ4n) is 3.93. The SMILES string of the molecule is CCOP1(=O)[18O][C@@H]2C(C)=C[C@H]1[C@H]1C(=O)N(c3ccccc3)C(=O)[C@H]12. The van der Waals surface area contributed by atoms with Crippen LogP contribution in [0.25, 0.3) is 0 Å². The van der Waals surface area contributed by atoms with Crippen molar-refractivity contribution in [2.75, 3.05) is 11.5 Å². The number of amides is 2. The van der Waals surface area contributed by atoms with Crippen molar-refractivity contribution in [2.24, 2.45) is 11.8 Å². The first-order valence-electron chi connectivity index (χ1n) is 8.02. The van der Waals surface area contributed by atoms with E-state index in [4.69, 9.17) is 9.05 Å². The predicted octanol–water partition coefficient (Wildman–Crippen LogP) is 2.75. The quantitative estimate of drug-likeness (QED) is 0.363. The molecule has 4 aliphatic rings. The molecule has 7 heteroatoms. The zero-order valence-electron chi connectivity index (χ0n) is 13.4. The van der Waals surface area contributed by atoms with Crippen molar-refractivity contribution in [1.29, 1.82) is 0 Å². The van der Waals surface area contributed by atoms with Crippen LogP contribution in [-0.4, -0.2) is 30.2 Å². The summed E-state index contributed by atoms with van der Waals surface area (Å²) in [5, 5.41) is 0. The van der Waals surface area contributed by atoms with E-state index in [1.54, 1.807) is 37.3 Å². The number of nitrogens with zero attached hydrogens (tertiary/aromatic N) is 1. The highest BCUT2D eigenvalue weighted by molar-refractivity contribution is 7.55. The molecule has 2 bridgehead atoms. The monoisotopic (exact) mass is 349 g/mol. The van der Waals surface area contributed by atoms with Crippen molar-refractivity contribution in [2.45, 2.75) is 25.6 Å². The fraction of sp³-hybridized carbons (Fsp3) is 0.412. The Morgan fingerprint density at radius 2 is 1.83 bits per heavy atom. The van der Waals surface area contributed by atoms with E-state index in [0.717, 1.165) is 5.57 Å². The van der Waals surface area contributed by atoms with Crippen molar-refractivity contribution < 1.29 is 23.2 Å². The van der Waals surface area contributed by atoms with Crippen LogP contribution in [0, 0.1) is 11.8 Å². The molecule has 0 radical (unpaired) electrons. The lowest BCUT2D eigenvalue weighted by Gasteiger charge is -2.44. The Kier molecular flexibility index (Phi) is 3.53. The van der Waals surface area contributed by atoms with Gasteiger partial charge in [0, 0.05) is 0 Å². The molecule has 1 aromatic carbocycles. The molecule has 6 nitrogen and oxygen atoms in total. The van der Waals surface area contributed by atoms with Crippen molar-refractivity contribution in [1.82, 2.24) is 0 Å². The van der Waals surface area contributed by atoms with Gasteiger partial charge in [0.15, 0.2) is 0 Å². The van der Waals surface area contributed by atoms with Crippen LogP contribution in [0.1, 0.15) is 13.8 Å². The molecule has 3 heterocycles. The average Bonchev–Trinajstić information content (AvgIpc) is 2.82. The molecule has 24 heavy (non-hydrogen) atoms. The topological polar surface area (TPSA) is 72.9 Å². The second-order valence-electron chi connectivity index (χ2n) is 6.28. The van der Waals surface area contributed by atoms with Gasteiger partial charge in [0.1, 0.15) is 6.10 Å². The first-order chi connectivity index (χ1) is 11.5. The molecule has 0 spiro atoms. The minimum atomic E-state index is -3.44. The molecule has 5 atom stereocenters. The summed E-state index contributed by atoms with van der Waals surface area (Å²) in [5.41, 5.74) is 0.672. The van der Waals surface area contributed by atoms with Crippen LogP contribution in [-0.2, 0) is 23.2 Å². The van der Waals surface area contributed by atoms with Crippen LogP contribution in [0.3, 0.4) is 0 Å². The minimum Gasteiger partial charge on any atom is -0.308 e. The molecule has 2 amide bonds. The number of rotatable bonds is 3. The smallest absolute Gasteiger partial charge is 0.308 e. The van der Waals surface area contributed by atoms with Gasteiger partial charge in [0.2, 0.25) is 11.8 Å². The number of hydrogen-bond acceptors (Lipinski definition) is 5. The van der Waals surface area contributed by atoms with Gasteiger partial charge >= 0.3 is 7.60 Å². The number of benzene rings is 1. The molecular weight excluding hydrogens is 331 g/mol. The number of hydrogen-bond donors (Lipinski definition) is 0. The Bertz CT molecular complexity index is 789. The summed E-state index contributed by atoms with van der Waals surface area (Å²) >= 11 is 0. The van der Waals surface area contributed by atoms with Gasteiger partial charge in [-0.25, -0.2) is 4.90 Å². The van der Waals surface area contributed by atoms with Crippen molar-refractivity contribution in [3.8, 4) is 0 Å². The summed E-state index contributed by atoms with van der Waals surface area (Å²) in [6.45, 7) is 3.80. The molecule has 5 rings (SSSR count). The van der Waals surface area contributed by atoms with E-state index in [-0.39, 0.29) is 18.4 Å². The number of carbonyl (C=O) groups excluding carboxylic acids is 2. The Morgan fingerprint density at radius 1 is 1.17 bits per heavy atom. The lowest BCUT2D eigenvalue weighted by atomic mass is 9.79. The maximum absolute atomic E-state index is 13.0. The Balaban J connectivity index is 1.79. The van der Waals surface area contributed by atoms with E-state index in [1.165, 1.54) is 4.90 Å². The summed E-state index contributed by atoms with van der Waals surface area (Å²) in [6.07, 6.45) is 1.13. The highest BCUT2D eigenvalue weighted by Crippen LogP contribution is 2.67. The van der Waals surface area contributed by atoms with Crippen LogP contribution >= 0.6 is 7.60 Å². The normalized spacial score (nSPS) is 37.6. The first kappa shape index (κ1) is 15.8. The standard InChI is InChI=1S/C17H18NO5P/c1-3-22-24(21)12-9-10(2)15(23-24)14-13(12)16(19)18(17(14)20)11-7-5-4-6-8-11/h4-9,12-15H,3H2,1-2H3/t12-,13+,14+,15+,24?/m0/s1/i23+2. The second-order valence-corrected chi connectivity index (χ2v) is 8.43. The molecule has 2 saturated heterocycles. The highest BCUT2D eigenvalue weighted by Gasteiger charge is 2.66. The Hall–Kier alpha value is -1.75. The summed E-state index contributed by atoms with van der Waals surface area (Å²) in [5.74, 6) is -1.92. The zero-order chi connectivity index (χ0) is 17.1. The maximum Gasteiger partial charge on any atom is 0.338 e. The molecule has 1 unspecified atom stereocenters. The summed E-state index contributed by atoms with van der Waals surface area (Å²) in [7, 11) is -3.44. The molecule has 126 valence electrons. The summed E-state index contributed by atoms with van der Waals surface area (Å²) < 4.78 is 24.1. The van der Waals surface area contributed by atoms with Gasteiger partial charge in [-0.3, -0.25) is 18.7 Å². The van der Waals surface area contributed by atoms with Crippen molar-refractivity contribution in [3.05, 3.63) is 42.0 Å². The maximum atomic E-state index is 13.0. The highest BCUT2D eigenvalue weighted by atomic mass is 31.2. The van der Waals surface area contributed by atoms with Gasteiger partial charge in [0.05, 0.1) is 29.8 Å². The lowest BCUT2D eigenvalue weighted by Crippen LogP contribution is -2.48. The number of anilines is 1. The number of imide groups is 1. The zero-order valence-corrected chi connectivity index (χ0v) is 14.3. The molecule has 0 saturated carbocycles. The van der Waals surface area contributed by atoms with Crippen molar-refractivity contribution >= 4 is 25.1 Å². The van der Waals surface area contributed by atoms with Gasteiger partial charge in [-0.05, 0) is 31.6 Å². The van der Waals surface area contributed by atoms with E-state index in [1.807, 2.05) is 13.0 Å². The van der Waals surface area contributed by atoms with Gasteiger partial charge in [-0.15, -0.1) is 0 Å². The van der Waals surface area contributed by atoms with E-state index < -0.39 is 31.2 Å². The van der Waals surface area contributed by atoms with E-state index in [2.05, 4.69) is 0 Å². The van der Waals surface area contributed by atoms with Gasteiger partial charge < -0.3 is 4.52 Å². The summed E-state index contributed by atoms with van der Waals surface area (Å²) in [4.78, 5) is 27.1. The number of allylic oxidation sites excluding steroid dienone is 1. The Labute approximate surface area is 140 Å². The molecule has 3 aliphatic heterocycles. The summed E-state index contributed by atoms with van der Waals surface area (Å²) in [6, 6.07) is 8.81. The number of para-hydroxylation sites is 1. The lowest BCUT2D eigenvalue weighted by molar-refractivity contribution is -0.124. The van der Waals surface area contributed by atoms with E-state index in [9.17, 15) is 14.2 Å². The van der Waals surface area contributed by atoms with Crippen LogP contribution < -0.4 is 4.90 Å². The number of carbonyl (C=O) groups is 2. The fourth-order valence-corrected chi connectivity index (χ4v) is 6.41. The average molecular weight is 349 g/mol. The molecule has 0 N–H and O–H groups in total. The van der Waals surface area contributed by atoms with Gasteiger partial charge in [0.25, 0.3) is 0 Å². The first-order valence-corrected chi connectivity index (χ1v) is 9.63. The second kappa shape index (κ2) is 5.38. The van der Waals surface area contributed by atoms with Gasteiger partial charge in [-0.2, -0.15) is 0 Å². The van der Waals surface area contributed by atoms with E-state index in [0.29, 0.717) is 5.69 Å². The largest absolute Gasteiger partial charge is 0.338 e. The van der Waals surface area contributed by atoms with Crippen LogP contribution in [0.2, 0.25) is 0 Å². The third-order valence-corrected chi connectivity index (χ3v) is 7.26. The molecule has 0 aromatic heterocycles. The number of fused-ring (bicyclic) bond motifs is 1. The third kappa shape index (κ3) is 2.00.